The topological polar surface area (TPSA) is 72.6 Å². The van der Waals surface area contributed by atoms with Crippen LogP contribution in [0.15, 0.2) is 30.3 Å². The van der Waals surface area contributed by atoms with E-state index in [4.69, 9.17) is 10.6 Å². The molecule has 0 radical (unpaired) electrons. The van der Waals surface area contributed by atoms with E-state index >= 15 is 0 Å². The number of carbonyl (C=O) groups is 2. The molecule has 1 unspecified atom stereocenters. The Labute approximate surface area is 113 Å². The molecule has 0 fully saturated rings. The van der Waals surface area contributed by atoms with Gasteiger partial charge in [0.1, 0.15) is 0 Å². The number of nitrogens with zero attached hydrogens (tertiary/aromatic N) is 1. The largest absolute Gasteiger partial charge is 0.338 e. The molecule has 0 aliphatic rings. The first-order valence-corrected chi connectivity index (χ1v) is 6.36. The lowest BCUT2D eigenvalue weighted by Gasteiger charge is -2.22. The van der Waals surface area contributed by atoms with E-state index in [1.807, 2.05) is 37.3 Å². The van der Waals surface area contributed by atoms with Crippen molar-refractivity contribution in [2.75, 3.05) is 0 Å². The number of nitrogens with two attached hydrogens (primary N) is 1. The Hall–Kier alpha value is -1.88. The molecule has 1 rings (SSSR count). The van der Waals surface area contributed by atoms with E-state index in [1.54, 1.807) is 6.92 Å². The first kappa shape index (κ1) is 15.2. The van der Waals surface area contributed by atoms with E-state index < -0.39 is 17.9 Å². The third kappa shape index (κ3) is 5.09. The predicted octanol–water partition coefficient (Wildman–Crippen LogP) is 1.62. The van der Waals surface area contributed by atoms with Crippen molar-refractivity contribution in [1.82, 2.24) is 5.06 Å². The summed E-state index contributed by atoms with van der Waals surface area (Å²) in [5.41, 5.74) is 6.43. The van der Waals surface area contributed by atoms with Crippen molar-refractivity contribution in [1.29, 1.82) is 0 Å². The van der Waals surface area contributed by atoms with Crippen molar-refractivity contribution < 1.29 is 14.4 Å². The van der Waals surface area contributed by atoms with Gasteiger partial charge in [-0.25, -0.2) is 4.79 Å². The second kappa shape index (κ2) is 7.53. The predicted molar refractivity (Wildman–Crippen MR) is 71.6 cm³/mol. The Morgan fingerprint density at radius 1 is 1.32 bits per heavy atom. The molecule has 1 aromatic rings. The molecular weight excluding hydrogens is 244 g/mol. The van der Waals surface area contributed by atoms with Gasteiger partial charge in [0.05, 0.1) is 12.6 Å². The van der Waals surface area contributed by atoms with E-state index in [1.165, 1.54) is 0 Å². The monoisotopic (exact) mass is 264 g/mol. The molecule has 19 heavy (non-hydrogen) atoms. The number of benzene rings is 1. The van der Waals surface area contributed by atoms with Crippen LogP contribution in [0.1, 0.15) is 32.3 Å². The summed E-state index contributed by atoms with van der Waals surface area (Å²) in [4.78, 5) is 28.5. The van der Waals surface area contributed by atoms with Gasteiger partial charge in [0.2, 0.25) is 0 Å². The lowest BCUT2D eigenvalue weighted by atomic mass is 10.2. The molecule has 2 N–H and O–H groups in total. The zero-order chi connectivity index (χ0) is 14.3. The Kier molecular flexibility index (Phi) is 6.02. The van der Waals surface area contributed by atoms with Crippen LogP contribution in [0, 0.1) is 0 Å². The van der Waals surface area contributed by atoms with Crippen LogP contribution in [-0.2, 0) is 21.0 Å². The van der Waals surface area contributed by atoms with Gasteiger partial charge in [-0.3, -0.25) is 4.79 Å². The van der Waals surface area contributed by atoms with Gasteiger partial charge in [0, 0.05) is 6.42 Å². The number of rotatable bonds is 5. The van der Waals surface area contributed by atoms with Crippen molar-refractivity contribution in [3.63, 3.8) is 0 Å². The standard InChI is InChI=1S/C14H20N2O3/c1-3-7-13(17)19-16(14(18)11(2)15)10-12-8-5-4-6-9-12/h4-6,8-9,11H,3,7,10,15H2,1-2H3. The fourth-order valence-electron chi connectivity index (χ4n) is 1.50. The van der Waals surface area contributed by atoms with Gasteiger partial charge in [-0.2, -0.15) is 5.06 Å². The molecule has 0 aliphatic carbocycles. The van der Waals surface area contributed by atoms with Crippen molar-refractivity contribution in [3.8, 4) is 0 Å². The van der Waals surface area contributed by atoms with Crippen LogP contribution in [0.25, 0.3) is 0 Å². The summed E-state index contributed by atoms with van der Waals surface area (Å²) in [6, 6.07) is 8.60. The third-order valence-corrected chi connectivity index (χ3v) is 2.47. The number of hydrogen-bond donors (Lipinski definition) is 1. The maximum Gasteiger partial charge on any atom is 0.332 e. The molecule has 0 aliphatic heterocycles. The highest BCUT2D eigenvalue weighted by molar-refractivity contribution is 5.82. The van der Waals surface area contributed by atoms with Crippen LogP contribution in [0.4, 0.5) is 0 Å². The fraction of sp³-hybridized carbons (Fsp3) is 0.429. The van der Waals surface area contributed by atoms with Crippen molar-refractivity contribution in [2.24, 2.45) is 5.73 Å². The van der Waals surface area contributed by atoms with Crippen molar-refractivity contribution >= 4 is 11.9 Å². The molecule has 104 valence electrons. The van der Waals surface area contributed by atoms with Gasteiger partial charge in [0.25, 0.3) is 5.91 Å². The zero-order valence-corrected chi connectivity index (χ0v) is 11.3. The van der Waals surface area contributed by atoms with Crippen molar-refractivity contribution in [2.45, 2.75) is 39.3 Å². The molecule has 0 heterocycles. The molecule has 0 aromatic heterocycles. The molecule has 1 aromatic carbocycles. The summed E-state index contributed by atoms with van der Waals surface area (Å²) in [7, 11) is 0. The highest BCUT2D eigenvalue weighted by Crippen LogP contribution is 2.08. The van der Waals surface area contributed by atoms with E-state index in [0.717, 1.165) is 10.6 Å². The average Bonchev–Trinajstić information content (AvgIpc) is 2.38. The SMILES string of the molecule is CCCC(=O)ON(Cc1ccccc1)C(=O)C(C)N. The van der Waals surface area contributed by atoms with Crippen LogP contribution in [-0.4, -0.2) is 23.0 Å². The molecule has 1 atom stereocenters. The average molecular weight is 264 g/mol. The third-order valence-electron chi connectivity index (χ3n) is 2.47. The Morgan fingerprint density at radius 2 is 1.95 bits per heavy atom. The van der Waals surface area contributed by atoms with Gasteiger partial charge in [-0.15, -0.1) is 0 Å². The van der Waals surface area contributed by atoms with E-state index in [-0.39, 0.29) is 13.0 Å². The minimum absolute atomic E-state index is 0.205. The highest BCUT2D eigenvalue weighted by Gasteiger charge is 2.21. The first-order valence-electron chi connectivity index (χ1n) is 6.36. The smallest absolute Gasteiger partial charge is 0.332 e. The summed E-state index contributed by atoms with van der Waals surface area (Å²) < 4.78 is 0. The molecule has 0 bridgehead atoms. The number of carbonyl (C=O) groups excluding carboxylic acids is 2. The van der Waals surface area contributed by atoms with Crippen LogP contribution in [0.5, 0.6) is 0 Å². The minimum Gasteiger partial charge on any atom is -0.338 e. The van der Waals surface area contributed by atoms with Crippen LogP contribution in [0.3, 0.4) is 0 Å². The summed E-state index contributed by atoms with van der Waals surface area (Å²) in [5.74, 6) is -0.833. The Bertz CT molecular complexity index is 418. The molecule has 1 amide bonds. The Morgan fingerprint density at radius 3 is 2.47 bits per heavy atom. The maximum atomic E-state index is 11.9. The molecule has 0 spiro atoms. The number of hydroxylamine groups is 2. The minimum atomic E-state index is -0.710. The van der Waals surface area contributed by atoms with Gasteiger partial charge in [-0.05, 0) is 18.9 Å². The van der Waals surface area contributed by atoms with Gasteiger partial charge < -0.3 is 10.6 Å². The maximum absolute atomic E-state index is 11.9. The molecule has 0 saturated heterocycles. The van der Waals surface area contributed by atoms with Gasteiger partial charge >= 0.3 is 5.97 Å². The Balaban J connectivity index is 2.75. The second-order valence-corrected chi connectivity index (χ2v) is 4.36. The first-order chi connectivity index (χ1) is 9.04. The molecular formula is C14H20N2O3. The van der Waals surface area contributed by atoms with Gasteiger partial charge in [0.15, 0.2) is 0 Å². The van der Waals surface area contributed by atoms with E-state index in [2.05, 4.69) is 0 Å². The fourth-order valence-corrected chi connectivity index (χ4v) is 1.50. The summed E-state index contributed by atoms with van der Waals surface area (Å²) in [6.07, 6.45) is 0.946. The van der Waals surface area contributed by atoms with Crippen LogP contribution >= 0.6 is 0 Å². The number of hydrogen-bond acceptors (Lipinski definition) is 4. The summed E-state index contributed by atoms with van der Waals surface area (Å²) in [5, 5.41) is 1.04. The van der Waals surface area contributed by atoms with E-state index in [9.17, 15) is 9.59 Å². The number of amides is 1. The van der Waals surface area contributed by atoms with Crippen LogP contribution in [0.2, 0.25) is 0 Å². The summed E-state index contributed by atoms with van der Waals surface area (Å²) >= 11 is 0. The van der Waals surface area contributed by atoms with E-state index in [0.29, 0.717) is 6.42 Å². The summed E-state index contributed by atoms with van der Waals surface area (Å²) in [6.45, 7) is 3.64. The molecule has 5 nitrogen and oxygen atoms in total. The molecule has 0 saturated carbocycles. The quantitative estimate of drug-likeness (QED) is 0.820. The highest BCUT2D eigenvalue weighted by atomic mass is 16.7. The normalized spacial score (nSPS) is 11.7. The molecule has 5 heteroatoms. The lowest BCUT2D eigenvalue weighted by molar-refractivity contribution is -0.201. The zero-order valence-electron chi connectivity index (χ0n) is 11.3. The second-order valence-electron chi connectivity index (χ2n) is 4.36. The van der Waals surface area contributed by atoms with Gasteiger partial charge in [-0.1, -0.05) is 37.3 Å². The van der Waals surface area contributed by atoms with Crippen LogP contribution < -0.4 is 5.73 Å². The lowest BCUT2D eigenvalue weighted by Crippen LogP contribution is -2.42. The van der Waals surface area contributed by atoms with Crippen molar-refractivity contribution in [3.05, 3.63) is 35.9 Å².